The van der Waals surface area contributed by atoms with E-state index in [4.69, 9.17) is 8.83 Å². The topological polar surface area (TPSA) is 29.5 Å². The fraction of sp³-hybridized carbons (Fsp3) is 0. The van der Waals surface area contributed by atoms with Gasteiger partial charge in [-0.3, -0.25) is 0 Å². The number of fused-ring (bicyclic) bond motifs is 7. The van der Waals surface area contributed by atoms with Crippen molar-refractivity contribution in [1.29, 1.82) is 0 Å². The molecule has 3 nitrogen and oxygen atoms in total. The van der Waals surface area contributed by atoms with Crippen LogP contribution in [0.4, 0.5) is 17.1 Å². The Hall–Kier alpha value is -6.06. The first-order chi connectivity index (χ1) is 22.3. The predicted octanol–water partition coefficient (Wildman–Crippen LogP) is 12.3. The van der Waals surface area contributed by atoms with E-state index >= 15 is 0 Å². The molecular weight excluding hydrogens is 550 g/mol. The van der Waals surface area contributed by atoms with Crippen LogP contribution < -0.4 is 4.90 Å². The maximum atomic E-state index is 6.54. The van der Waals surface area contributed by atoms with E-state index in [0.717, 1.165) is 66.5 Å². The second-order valence-corrected chi connectivity index (χ2v) is 11.3. The van der Waals surface area contributed by atoms with Gasteiger partial charge in [-0.05, 0) is 76.9 Å². The second kappa shape index (κ2) is 10.3. The number of para-hydroxylation sites is 1. The van der Waals surface area contributed by atoms with Crippen molar-refractivity contribution in [3.63, 3.8) is 0 Å². The maximum Gasteiger partial charge on any atom is 0.147 e. The van der Waals surface area contributed by atoms with Gasteiger partial charge in [0.1, 0.15) is 22.3 Å². The molecule has 9 aromatic rings. The molecule has 0 bridgehead atoms. The van der Waals surface area contributed by atoms with Crippen molar-refractivity contribution in [3.05, 3.63) is 164 Å². The summed E-state index contributed by atoms with van der Waals surface area (Å²) < 4.78 is 13.0. The van der Waals surface area contributed by atoms with Gasteiger partial charge in [0.2, 0.25) is 0 Å². The molecule has 0 atom stereocenters. The second-order valence-electron chi connectivity index (χ2n) is 11.3. The molecule has 0 aliphatic rings. The molecule has 0 fully saturated rings. The van der Waals surface area contributed by atoms with Crippen LogP contribution in [0.25, 0.3) is 66.1 Å². The Labute approximate surface area is 260 Å². The van der Waals surface area contributed by atoms with Gasteiger partial charge < -0.3 is 13.7 Å². The Balaban J connectivity index is 1.31. The highest BCUT2D eigenvalue weighted by Gasteiger charge is 2.23. The normalized spacial score (nSPS) is 11.6. The van der Waals surface area contributed by atoms with Gasteiger partial charge in [0, 0.05) is 22.1 Å². The molecule has 0 saturated carbocycles. The van der Waals surface area contributed by atoms with E-state index in [2.05, 4.69) is 144 Å². The number of rotatable bonds is 5. The fourth-order valence-corrected chi connectivity index (χ4v) is 6.57. The summed E-state index contributed by atoms with van der Waals surface area (Å²) in [4.78, 5) is 2.33. The summed E-state index contributed by atoms with van der Waals surface area (Å²) in [7, 11) is 0. The standard InChI is InChI=1S/C42H27NO2/c1-3-11-28(12-4-1)30-21-23-32(24-22-30)43(33-16-9-15-31(27-33)29-13-5-2-6-14-29)36-18-10-20-38-40(36)41-39(44-38)26-25-35-34-17-7-8-19-37(34)45-42(35)41/h1-27H. The zero-order chi connectivity index (χ0) is 29.7. The van der Waals surface area contributed by atoms with Gasteiger partial charge in [-0.25, -0.2) is 0 Å². The van der Waals surface area contributed by atoms with E-state index in [9.17, 15) is 0 Å². The molecule has 45 heavy (non-hydrogen) atoms. The first-order valence-corrected chi connectivity index (χ1v) is 15.2. The van der Waals surface area contributed by atoms with Crippen LogP contribution in [0.3, 0.4) is 0 Å². The summed E-state index contributed by atoms with van der Waals surface area (Å²) >= 11 is 0. The Morgan fingerprint density at radius 2 is 0.978 bits per heavy atom. The number of hydrogen-bond acceptors (Lipinski definition) is 3. The quantitative estimate of drug-likeness (QED) is 0.204. The van der Waals surface area contributed by atoms with Gasteiger partial charge in [0.25, 0.3) is 0 Å². The van der Waals surface area contributed by atoms with Gasteiger partial charge in [0.15, 0.2) is 0 Å². The summed E-state index contributed by atoms with van der Waals surface area (Å²) in [6, 6.07) is 57.3. The van der Waals surface area contributed by atoms with Crippen LogP contribution in [-0.4, -0.2) is 0 Å². The van der Waals surface area contributed by atoms with Crippen LogP contribution in [0, 0.1) is 0 Å². The number of furan rings is 2. The minimum absolute atomic E-state index is 0.807. The first-order valence-electron chi connectivity index (χ1n) is 15.2. The first kappa shape index (κ1) is 25.4. The minimum Gasteiger partial charge on any atom is -0.456 e. The third-order valence-corrected chi connectivity index (χ3v) is 8.67. The van der Waals surface area contributed by atoms with E-state index in [1.807, 2.05) is 24.3 Å². The molecule has 0 aliphatic heterocycles. The lowest BCUT2D eigenvalue weighted by molar-refractivity contribution is 0.663. The molecule has 0 unspecified atom stereocenters. The third-order valence-electron chi connectivity index (χ3n) is 8.67. The van der Waals surface area contributed by atoms with Gasteiger partial charge >= 0.3 is 0 Å². The van der Waals surface area contributed by atoms with Crippen molar-refractivity contribution < 1.29 is 8.83 Å². The van der Waals surface area contributed by atoms with Crippen molar-refractivity contribution in [2.75, 3.05) is 4.90 Å². The molecular formula is C42H27NO2. The van der Waals surface area contributed by atoms with Crippen LogP contribution >= 0.6 is 0 Å². The monoisotopic (exact) mass is 577 g/mol. The summed E-state index contributed by atoms with van der Waals surface area (Å²) in [5.74, 6) is 0. The van der Waals surface area contributed by atoms with Crippen molar-refractivity contribution in [2.45, 2.75) is 0 Å². The molecule has 0 amide bonds. The van der Waals surface area contributed by atoms with Crippen LogP contribution in [0.1, 0.15) is 0 Å². The van der Waals surface area contributed by atoms with E-state index in [0.29, 0.717) is 0 Å². The van der Waals surface area contributed by atoms with Crippen LogP contribution in [0.2, 0.25) is 0 Å². The van der Waals surface area contributed by atoms with Crippen molar-refractivity contribution in [1.82, 2.24) is 0 Å². The van der Waals surface area contributed by atoms with E-state index in [-0.39, 0.29) is 0 Å². The number of nitrogens with zero attached hydrogens (tertiary/aromatic N) is 1. The van der Waals surface area contributed by atoms with E-state index in [1.54, 1.807) is 0 Å². The molecule has 0 aliphatic carbocycles. The molecule has 0 spiro atoms. The molecule has 0 saturated heterocycles. The highest BCUT2D eigenvalue weighted by atomic mass is 16.3. The number of hydrogen-bond donors (Lipinski definition) is 0. The van der Waals surface area contributed by atoms with Crippen LogP contribution in [0.15, 0.2) is 173 Å². The lowest BCUT2D eigenvalue weighted by Gasteiger charge is -2.27. The summed E-state index contributed by atoms with van der Waals surface area (Å²) in [6.07, 6.45) is 0. The summed E-state index contributed by atoms with van der Waals surface area (Å²) in [6.45, 7) is 0. The predicted molar refractivity (Wildman–Crippen MR) is 187 cm³/mol. The summed E-state index contributed by atoms with van der Waals surface area (Å²) in [5.41, 5.74) is 11.2. The Bertz CT molecular complexity index is 2470. The highest BCUT2D eigenvalue weighted by molar-refractivity contribution is 6.25. The largest absolute Gasteiger partial charge is 0.456 e. The molecule has 9 rings (SSSR count). The Kier molecular flexibility index (Phi) is 5.82. The van der Waals surface area contributed by atoms with Gasteiger partial charge in [0.05, 0.1) is 16.5 Å². The molecule has 0 radical (unpaired) electrons. The van der Waals surface area contributed by atoms with E-state index < -0.39 is 0 Å². The molecule has 2 aromatic heterocycles. The number of benzene rings is 7. The lowest BCUT2D eigenvalue weighted by Crippen LogP contribution is -2.10. The molecule has 2 heterocycles. The van der Waals surface area contributed by atoms with Crippen molar-refractivity contribution in [3.8, 4) is 22.3 Å². The van der Waals surface area contributed by atoms with Crippen molar-refractivity contribution in [2.24, 2.45) is 0 Å². The molecule has 7 aromatic carbocycles. The van der Waals surface area contributed by atoms with Gasteiger partial charge in [-0.15, -0.1) is 0 Å². The zero-order valence-electron chi connectivity index (χ0n) is 24.4. The van der Waals surface area contributed by atoms with E-state index in [1.165, 1.54) is 16.7 Å². The summed E-state index contributed by atoms with van der Waals surface area (Å²) in [5, 5.41) is 4.19. The lowest BCUT2D eigenvalue weighted by atomic mass is 10.0. The van der Waals surface area contributed by atoms with Crippen molar-refractivity contribution >= 4 is 60.9 Å². The molecule has 3 heteroatoms. The van der Waals surface area contributed by atoms with Gasteiger partial charge in [-0.1, -0.05) is 109 Å². The maximum absolute atomic E-state index is 6.54. The smallest absolute Gasteiger partial charge is 0.147 e. The Morgan fingerprint density at radius 3 is 1.78 bits per heavy atom. The van der Waals surface area contributed by atoms with Gasteiger partial charge in [-0.2, -0.15) is 0 Å². The molecule has 212 valence electrons. The average molecular weight is 578 g/mol. The van der Waals surface area contributed by atoms with Crippen LogP contribution in [-0.2, 0) is 0 Å². The fourth-order valence-electron chi connectivity index (χ4n) is 6.57. The SMILES string of the molecule is c1ccc(-c2ccc(N(c3cccc(-c4ccccc4)c3)c3cccc4oc5ccc6c7ccccc7oc6c5c34)cc2)cc1. The molecule has 0 N–H and O–H groups in total. The number of anilines is 3. The highest BCUT2D eigenvalue weighted by Crippen LogP contribution is 2.46. The third kappa shape index (κ3) is 4.21. The zero-order valence-corrected chi connectivity index (χ0v) is 24.4. The minimum atomic E-state index is 0.807. The van der Waals surface area contributed by atoms with Crippen LogP contribution in [0.5, 0.6) is 0 Å². The Morgan fingerprint density at radius 1 is 0.356 bits per heavy atom. The average Bonchev–Trinajstić information content (AvgIpc) is 3.69.